The summed E-state index contributed by atoms with van der Waals surface area (Å²) >= 11 is 1.21. The lowest BCUT2D eigenvalue weighted by atomic mass is 9.82. The summed E-state index contributed by atoms with van der Waals surface area (Å²) in [4.78, 5) is 33.1. The predicted octanol–water partition coefficient (Wildman–Crippen LogP) is 6.70. The molecule has 0 radical (unpaired) electrons. The first kappa shape index (κ1) is 25.1. The van der Waals surface area contributed by atoms with Crippen LogP contribution in [-0.4, -0.2) is 37.6 Å². The van der Waals surface area contributed by atoms with E-state index in [2.05, 4.69) is 17.0 Å². The van der Waals surface area contributed by atoms with Crippen molar-refractivity contribution in [2.24, 2.45) is 11.8 Å². The van der Waals surface area contributed by atoms with E-state index in [1.807, 2.05) is 69.4 Å². The highest BCUT2D eigenvalue weighted by Crippen LogP contribution is 2.40. The molecule has 1 N–H and O–H groups in total. The molecule has 192 valence electrons. The quantitative estimate of drug-likeness (QED) is 0.308. The number of aromatic nitrogens is 3. The molecule has 1 fully saturated rings. The molecule has 0 bridgehead atoms. The summed E-state index contributed by atoms with van der Waals surface area (Å²) in [6.07, 6.45) is 5.70. The third-order valence-electron chi connectivity index (χ3n) is 7.21. The van der Waals surface area contributed by atoms with Crippen molar-refractivity contribution < 1.29 is 14.7 Å². The molecule has 0 spiro atoms. The molecule has 3 aromatic heterocycles. The Labute approximate surface area is 220 Å². The molecule has 1 aliphatic carbocycles. The first-order valence-corrected chi connectivity index (χ1v) is 13.7. The number of aryl methyl sites for hydroxylation is 1. The van der Waals surface area contributed by atoms with Crippen LogP contribution in [0.3, 0.4) is 0 Å². The highest BCUT2D eigenvalue weighted by molar-refractivity contribution is 7.18. The molecular weight excluding hydrogens is 484 g/mol. The summed E-state index contributed by atoms with van der Waals surface area (Å²) in [5.74, 6) is -0.375. The Hall–Kier alpha value is -3.52. The number of hydrogen-bond acceptors (Lipinski definition) is 5. The van der Waals surface area contributed by atoms with E-state index in [0.717, 1.165) is 58.7 Å². The summed E-state index contributed by atoms with van der Waals surface area (Å²) < 4.78 is 1.76. The smallest absolute Gasteiger partial charge is 0.348 e. The fourth-order valence-corrected chi connectivity index (χ4v) is 6.13. The summed E-state index contributed by atoms with van der Waals surface area (Å²) in [6, 6.07) is 13.5. The second-order valence-corrected chi connectivity index (χ2v) is 11.4. The van der Waals surface area contributed by atoms with Crippen LogP contribution in [0.5, 0.6) is 0 Å². The molecule has 3 heterocycles. The molecule has 37 heavy (non-hydrogen) atoms. The van der Waals surface area contributed by atoms with Crippen molar-refractivity contribution in [3.8, 4) is 21.7 Å². The molecule has 1 aliphatic rings. The zero-order valence-electron chi connectivity index (χ0n) is 21.6. The Kier molecular flexibility index (Phi) is 6.86. The fraction of sp³-hybridized carbons (Fsp3) is 0.379. The number of anilines is 1. The van der Waals surface area contributed by atoms with E-state index in [-0.39, 0.29) is 22.7 Å². The van der Waals surface area contributed by atoms with Gasteiger partial charge in [0, 0.05) is 40.4 Å². The first-order chi connectivity index (χ1) is 17.7. The number of hydrogen-bond donors (Lipinski definition) is 1. The van der Waals surface area contributed by atoms with Gasteiger partial charge in [0.05, 0.1) is 11.4 Å². The summed E-state index contributed by atoms with van der Waals surface area (Å²) in [6.45, 7) is 8.08. The van der Waals surface area contributed by atoms with Crippen LogP contribution in [0.1, 0.15) is 61.8 Å². The van der Waals surface area contributed by atoms with Crippen LogP contribution in [0.15, 0.2) is 48.7 Å². The van der Waals surface area contributed by atoms with E-state index < -0.39 is 5.97 Å². The Morgan fingerprint density at radius 1 is 1.05 bits per heavy atom. The molecule has 5 rings (SSSR count). The maximum absolute atomic E-state index is 13.6. The molecule has 7 nitrogen and oxygen atoms in total. The highest BCUT2D eigenvalue weighted by Gasteiger charge is 2.33. The third-order valence-corrected chi connectivity index (χ3v) is 8.38. The lowest BCUT2D eigenvalue weighted by Crippen LogP contribution is -2.42. The van der Waals surface area contributed by atoms with Crippen LogP contribution >= 0.6 is 11.3 Å². The van der Waals surface area contributed by atoms with Crippen molar-refractivity contribution in [2.75, 3.05) is 4.90 Å². The van der Waals surface area contributed by atoms with Gasteiger partial charge in [0.2, 0.25) is 5.91 Å². The Morgan fingerprint density at radius 3 is 2.38 bits per heavy atom. The van der Waals surface area contributed by atoms with E-state index in [1.54, 1.807) is 9.42 Å². The number of carboxylic acids is 1. The van der Waals surface area contributed by atoms with E-state index in [9.17, 15) is 14.7 Å². The minimum atomic E-state index is -1.01. The maximum atomic E-state index is 13.6. The van der Waals surface area contributed by atoms with Gasteiger partial charge in [-0.15, -0.1) is 11.3 Å². The van der Waals surface area contributed by atoms with Gasteiger partial charge >= 0.3 is 5.97 Å². The summed E-state index contributed by atoms with van der Waals surface area (Å²) in [5.41, 5.74) is 4.90. The molecule has 1 amide bonds. The van der Waals surface area contributed by atoms with E-state index >= 15 is 0 Å². The van der Waals surface area contributed by atoms with E-state index in [1.165, 1.54) is 11.3 Å². The van der Waals surface area contributed by atoms with Gasteiger partial charge in [-0.05, 0) is 70.1 Å². The van der Waals surface area contributed by atoms with Crippen molar-refractivity contribution in [1.29, 1.82) is 0 Å². The average molecular weight is 517 g/mol. The molecule has 0 aliphatic heterocycles. The standard InChI is InChI=1S/C29H32N4O3S/c1-17(2)33(28(34)22-7-5-18(3)6-8-22)24-16-25(37-27(24)29(35)36)21-11-9-20(10-12-21)23-15-26-30-19(4)13-14-32(26)31-23/h9-18,22H,5-8H2,1-4H3,(H,35,36)/t18-,22-. The number of aromatic carboxylic acids is 1. The molecule has 0 unspecified atom stereocenters. The van der Waals surface area contributed by atoms with Crippen LogP contribution in [0.4, 0.5) is 5.69 Å². The minimum Gasteiger partial charge on any atom is -0.477 e. The lowest BCUT2D eigenvalue weighted by molar-refractivity contribution is -0.123. The van der Waals surface area contributed by atoms with Crippen molar-refractivity contribution in [1.82, 2.24) is 14.6 Å². The van der Waals surface area contributed by atoms with Crippen LogP contribution in [0, 0.1) is 18.8 Å². The van der Waals surface area contributed by atoms with E-state index in [4.69, 9.17) is 0 Å². The Balaban J connectivity index is 1.46. The highest BCUT2D eigenvalue weighted by atomic mass is 32.1. The number of amides is 1. The van der Waals surface area contributed by atoms with E-state index in [0.29, 0.717) is 11.6 Å². The van der Waals surface area contributed by atoms with Gasteiger partial charge in [0.25, 0.3) is 0 Å². The van der Waals surface area contributed by atoms with Crippen LogP contribution in [0.2, 0.25) is 0 Å². The van der Waals surface area contributed by atoms with Gasteiger partial charge in [0.15, 0.2) is 5.65 Å². The molecule has 1 aromatic carbocycles. The van der Waals surface area contributed by atoms with Gasteiger partial charge in [-0.2, -0.15) is 5.10 Å². The van der Waals surface area contributed by atoms with Crippen molar-refractivity contribution in [3.05, 3.63) is 59.2 Å². The summed E-state index contributed by atoms with van der Waals surface area (Å²) in [5, 5.41) is 14.6. The monoisotopic (exact) mass is 516 g/mol. The van der Waals surface area contributed by atoms with Crippen LogP contribution in [-0.2, 0) is 4.79 Å². The summed E-state index contributed by atoms with van der Waals surface area (Å²) in [7, 11) is 0. The first-order valence-electron chi connectivity index (χ1n) is 12.8. The zero-order valence-corrected chi connectivity index (χ0v) is 22.5. The second kappa shape index (κ2) is 10.1. The van der Waals surface area contributed by atoms with Gasteiger partial charge in [0.1, 0.15) is 4.88 Å². The molecule has 0 atom stereocenters. The minimum absolute atomic E-state index is 0.0415. The largest absolute Gasteiger partial charge is 0.477 e. The maximum Gasteiger partial charge on any atom is 0.348 e. The number of thiophene rings is 1. The van der Waals surface area contributed by atoms with Crippen molar-refractivity contribution in [3.63, 3.8) is 0 Å². The van der Waals surface area contributed by atoms with Gasteiger partial charge < -0.3 is 10.0 Å². The fourth-order valence-electron chi connectivity index (χ4n) is 5.13. The zero-order chi connectivity index (χ0) is 26.3. The van der Waals surface area contributed by atoms with Gasteiger partial charge in [-0.1, -0.05) is 31.2 Å². The number of carbonyl (C=O) groups excluding carboxylic acids is 1. The number of carbonyl (C=O) groups is 2. The Bertz CT molecular complexity index is 1450. The Morgan fingerprint density at radius 2 is 1.73 bits per heavy atom. The second-order valence-electron chi connectivity index (χ2n) is 10.4. The molecular formula is C29H32N4O3S. The predicted molar refractivity (Wildman–Crippen MR) is 147 cm³/mol. The topological polar surface area (TPSA) is 87.8 Å². The van der Waals surface area contributed by atoms with Crippen molar-refractivity contribution >= 4 is 34.5 Å². The number of rotatable bonds is 6. The number of nitrogens with zero attached hydrogens (tertiary/aromatic N) is 4. The molecule has 1 saturated carbocycles. The average Bonchev–Trinajstić information content (AvgIpc) is 3.49. The van der Waals surface area contributed by atoms with Crippen LogP contribution < -0.4 is 4.90 Å². The number of carboxylic acid groups (broad SMARTS) is 1. The van der Waals surface area contributed by atoms with Gasteiger partial charge in [-0.25, -0.2) is 14.3 Å². The van der Waals surface area contributed by atoms with Gasteiger partial charge in [-0.3, -0.25) is 4.79 Å². The SMILES string of the molecule is Cc1ccn2nc(-c3ccc(-c4cc(N(C(=O)[C@H]5CC[C@H](C)CC5)C(C)C)c(C(=O)O)s4)cc3)cc2n1. The molecule has 0 saturated heterocycles. The number of benzene rings is 1. The molecule has 8 heteroatoms. The normalized spacial score (nSPS) is 17.9. The van der Waals surface area contributed by atoms with Crippen molar-refractivity contribution in [2.45, 2.75) is 59.4 Å². The van der Waals surface area contributed by atoms with Crippen LogP contribution in [0.25, 0.3) is 27.3 Å². The lowest BCUT2D eigenvalue weighted by Gasteiger charge is -2.33. The number of fused-ring (bicyclic) bond motifs is 1. The third kappa shape index (κ3) is 5.03. The molecule has 4 aromatic rings.